The van der Waals surface area contributed by atoms with Gasteiger partial charge in [0.1, 0.15) is 11.6 Å². The zero-order valence-corrected chi connectivity index (χ0v) is 19.8. The van der Waals surface area contributed by atoms with Gasteiger partial charge in [-0.1, -0.05) is 42.1 Å². The van der Waals surface area contributed by atoms with E-state index in [0.717, 1.165) is 25.7 Å². The highest BCUT2D eigenvalue weighted by molar-refractivity contribution is 9.09. The van der Waals surface area contributed by atoms with Gasteiger partial charge in [-0.15, -0.1) is 0 Å². The second-order valence-electron chi connectivity index (χ2n) is 9.25. The Hall–Kier alpha value is -1.19. The summed E-state index contributed by atoms with van der Waals surface area (Å²) in [4.78, 5) is 41.5. The molecule has 0 aromatic carbocycles. The van der Waals surface area contributed by atoms with Crippen LogP contribution in [0.1, 0.15) is 58.8 Å². The number of ether oxygens (including phenoxy) is 2. The lowest BCUT2D eigenvalue weighted by molar-refractivity contribution is -0.155. The van der Waals surface area contributed by atoms with Crippen molar-refractivity contribution < 1.29 is 29.0 Å². The standard InChI is InChI=1S/C22H33BrN2O6/c1-3-13(11-26)25-18(19(27)24-12-8-6-5-7-9-12)22-10-14(23)17(31-22)15(16(22)20(25)28)21(29)30-4-2/h12-18,26H,3-11H2,1-2H3,(H,24,27)/t13-,14?,15-,16-,17-,18?,22?/m0/s1. The van der Waals surface area contributed by atoms with Crippen LogP contribution in [-0.2, 0) is 23.9 Å². The summed E-state index contributed by atoms with van der Waals surface area (Å²) < 4.78 is 11.7. The zero-order chi connectivity index (χ0) is 22.3. The highest BCUT2D eigenvalue weighted by Crippen LogP contribution is 2.60. The minimum atomic E-state index is -1.09. The van der Waals surface area contributed by atoms with E-state index in [0.29, 0.717) is 12.8 Å². The van der Waals surface area contributed by atoms with Crippen molar-refractivity contribution in [3.63, 3.8) is 0 Å². The number of aliphatic hydroxyl groups is 1. The lowest BCUT2D eigenvalue weighted by Crippen LogP contribution is -2.59. The Morgan fingerprint density at radius 1 is 1.32 bits per heavy atom. The Morgan fingerprint density at radius 3 is 2.65 bits per heavy atom. The summed E-state index contributed by atoms with van der Waals surface area (Å²) in [5.41, 5.74) is -1.09. The molecule has 174 valence electrons. The van der Waals surface area contributed by atoms with E-state index < -0.39 is 41.6 Å². The third kappa shape index (κ3) is 3.60. The fourth-order valence-corrected chi connectivity index (χ4v) is 7.15. The summed E-state index contributed by atoms with van der Waals surface area (Å²) in [5, 5.41) is 13.2. The number of aliphatic hydroxyl groups excluding tert-OH is 1. The van der Waals surface area contributed by atoms with Crippen molar-refractivity contribution in [2.75, 3.05) is 13.2 Å². The minimum absolute atomic E-state index is 0.0853. The second-order valence-corrected chi connectivity index (χ2v) is 10.4. The molecule has 8 nitrogen and oxygen atoms in total. The molecule has 3 unspecified atom stereocenters. The predicted molar refractivity (Wildman–Crippen MR) is 115 cm³/mol. The lowest BCUT2D eigenvalue weighted by atomic mass is 9.70. The summed E-state index contributed by atoms with van der Waals surface area (Å²) in [6.07, 6.45) is 5.64. The Labute approximate surface area is 191 Å². The molecule has 2 bridgehead atoms. The van der Waals surface area contributed by atoms with Crippen LogP contribution in [0, 0.1) is 11.8 Å². The number of hydrogen-bond donors (Lipinski definition) is 2. The fraction of sp³-hybridized carbons (Fsp3) is 0.864. The van der Waals surface area contributed by atoms with Gasteiger partial charge in [-0.3, -0.25) is 14.4 Å². The average Bonchev–Trinajstić information content (AvgIpc) is 3.34. The van der Waals surface area contributed by atoms with Gasteiger partial charge in [0.05, 0.1) is 37.2 Å². The summed E-state index contributed by atoms with van der Waals surface area (Å²) in [6.45, 7) is 3.58. The maximum Gasteiger partial charge on any atom is 0.312 e. The van der Waals surface area contributed by atoms with E-state index in [1.54, 1.807) is 6.92 Å². The highest BCUT2D eigenvalue weighted by Gasteiger charge is 2.77. The maximum atomic E-state index is 13.7. The Morgan fingerprint density at radius 2 is 2.03 bits per heavy atom. The average molecular weight is 501 g/mol. The number of amides is 2. The molecule has 0 aromatic rings. The molecule has 2 amide bonds. The highest BCUT2D eigenvalue weighted by atomic mass is 79.9. The van der Waals surface area contributed by atoms with Gasteiger partial charge in [-0.25, -0.2) is 0 Å². The number of esters is 1. The van der Waals surface area contributed by atoms with E-state index >= 15 is 0 Å². The van der Waals surface area contributed by atoms with Crippen LogP contribution in [0.15, 0.2) is 0 Å². The molecular formula is C22H33BrN2O6. The van der Waals surface area contributed by atoms with Gasteiger partial charge in [-0.2, -0.15) is 0 Å². The van der Waals surface area contributed by atoms with E-state index in [2.05, 4.69) is 21.2 Å². The smallest absolute Gasteiger partial charge is 0.312 e. The summed E-state index contributed by atoms with van der Waals surface area (Å²) in [6, 6.07) is -1.29. The van der Waals surface area contributed by atoms with Gasteiger partial charge in [0.2, 0.25) is 11.8 Å². The van der Waals surface area contributed by atoms with E-state index in [-0.39, 0.29) is 35.9 Å². The second kappa shape index (κ2) is 8.98. The molecule has 1 spiro atoms. The number of carbonyl (C=O) groups is 3. The van der Waals surface area contributed by atoms with Crippen molar-refractivity contribution in [2.45, 2.75) is 93.5 Å². The number of fused-ring (bicyclic) bond motifs is 1. The molecule has 9 heteroatoms. The fourth-order valence-electron chi connectivity index (χ4n) is 6.21. The molecule has 3 saturated heterocycles. The summed E-state index contributed by atoms with van der Waals surface area (Å²) in [7, 11) is 0. The number of hydrogen-bond acceptors (Lipinski definition) is 6. The Balaban J connectivity index is 1.71. The SMILES string of the molecule is CCOC(=O)[C@H]1[C@H]2C(=O)N([C@@H](CC)CO)C(C(=O)NC3CCCCC3)C23CC(Br)[C@@H]1O3. The van der Waals surface area contributed by atoms with Crippen LogP contribution < -0.4 is 5.32 Å². The molecule has 31 heavy (non-hydrogen) atoms. The number of rotatable bonds is 7. The molecule has 0 aromatic heterocycles. The van der Waals surface area contributed by atoms with Crippen LogP contribution in [0.25, 0.3) is 0 Å². The van der Waals surface area contributed by atoms with E-state index in [9.17, 15) is 19.5 Å². The quantitative estimate of drug-likeness (QED) is 0.405. The first kappa shape index (κ1) is 23.0. The third-order valence-electron chi connectivity index (χ3n) is 7.56. The van der Waals surface area contributed by atoms with Crippen LogP contribution in [0.5, 0.6) is 0 Å². The van der Waals surface area contributed by atoms with Crippen molar-refractivity contribution in [1.29, 1.82) is 0 Å². The molecular weight excluding hydrogens is 468 g/mol. The molecule has 1 saturated carbocycles. The number of alkyl halides is 1. The van der Waals surface area contributed by atoms with Crippen LogP contribution in [0.3, 0.4) is 0 Å². The Kier molecular flexibility index (Phi) is 6.66. The number of carbonyl (C=O) groups excluding carboxylic acids is 3. The van der Waals surface area contributed by atoms with Crippen molar-refractivity contribution >= 4 is 33.7 Å². The van der Waals surface area contributed by atoms with Crippen LogP contribution in [0.2, 0.25) is 0 Å². The van der Waals surface area contributed by atoms with E-state index in [4.69, 9.17) is 9.47 Å². The van der Waals surface area contributed by atoms with Gasteiger partial charge in [0.15, 0.2) is 0 Å². The predicted octanol–water partition coefficient (Wildman–Crippen LogP) is 1.52. The number of nitrogens with zero attached hydrogens (tertiary/aromatic N) is 1. The summed E-state index contributed by atoms with van der Waals surface area (Å²) >= 11 is 3.63. The van der Waals surface area contributed by atoms with Crippen LogP contribution in [-0.4, -0.2) is 75.7 Å². The number of nitrogens with one attached hydrogen (secondary N) is 1. The summed E-state index contributed by atoms with van der Waals surface area (Å²) in [5.74, 6) is -2.50. The number of likely N-dealkylation sites (tertiary alicyclic amines) is 1. The van der Waals surface area contributed by atoms with Gasteiger partial charge in [0.25, 0.3) is 0 Å². The molecule has 7 atom stereocenters. The Bertz CT molecular complexity index is 725. The first-order chi connectivity index (χ1) is 14.9. The van der Waals surface area contributed by atoms with Crippen molar-refractivity contribution in [3.8, 4) is 0 Å². The molecule has 1 aliphatic carbocycles. The zero-order valence-electron chi connectivity index (χ0n) is 18.2. The first-order valence-corrected chi connectivity index (χ1v) is 12.5. The maximum absolute atomic E-state index is 13.7. The molecule has 2 N–H and O–H groups in total. The minimum Gasteiger partial charge on any atom is -0.466 e. The van der Waals surface area contributed by atoms with Crippen molar-refractivity contribution in [3.05, 3.63) is 0 Å². The van der Waals surface area contributed by atoms with Gasteiger partial charge in [0, 0.05) is 10.9 Å². The normalized spacial score (nSPS) is 38.3. The molecule has 3 heterocycles. The van der Waals surface area contributed by atoms with Crippen molar-refractivity contribution in [1.82, 2.24) is 10.2 Å². The third-order valence-corrected chi connectivity index (χ3v) is 8.41. The molecule has 4 rings (SSSR count). The monoisotopic (exact) mass is 500 g/mol. The van der Waals surface area contributed by atoms with E-state index in [1.807, 2.05) is 6.92 Å². The molecule has 4 fully saturated rings. The van der Waals surface area contributed by atoms with E-state index in [1.165, 1.54) is 11.3 Å². The topological polar surface area (TPSA) is 105 Å². The molecule has 3 aliphatic heterocycles. The molecule has 4 aliphatic rings. The van der Waals surface area contributed by atoms with Gasteiger partial charge >= 0.3 is 5.97 Å². The first-order valence-electron chi connectivity index (χ1n) is 11.6. The largest absolute Gasteiger partial charge is 0.466 e. The lowest BCUT2D eigenvalue weighted by Gasteiger charge is -2.37. The van der Waals surface area contributed by atoms with Crippen LogP contribution in [0.4, 0.5) is 0 Å². The molecule has 0 radical (unpaired) electrons. The number of halogens is 1. The van der Waals surface area contributed by atoms with Crippen molar-refractivity contribution in [2.24, 2.45) is 11.8 Å². The van der Waals surface area contributed by atoms with Gasteiger partial charge < -0.3 is 24.8 Å². The van der Waals surface area contributed by atoms with Gasteiger partial charge in [-0.05, 0) is 32.6 Å². The van der Waals surface area contributed by atoms with Crippen LogP contribution >= 0.6 is 15.9 Å².